The van der Waals surface area contributed by atoms with E-state index in [1.54, 1.807) is 0 Å². The van der Waals surface area contributed by atoms with Crippen LogP contribution in [-0.4, -0.2) is 19.8 Å². The summed E-state index contributed by atoms with van der Waals surface area (Å²) in [5.74, 6) is 0. The third-order valence-corrected chi connectivity index (χ3v) is 2.43. The van der Waals surface area contributed by atoms with Gasteiger partial charge < -0.3 is 10.1 Å². The predicted octanol–water partition coefficient (Wildman–Crippen LogP) is 4.20. The summed E-state index contributed by atoms with van der Waals surface area (Å²) in [6.45, 7) is 3.27. The van der Waals surface area contributed by atoms with Gasteiger partial charge in [0.05, 0.1) is 12.2 Å². The standard InChI is InChI=1S/C12H15ClF3NO/c1-2-6-18-7-5-17-11-4-3-9(13)8-10(11)12(14,15)16/h3-4,8,17H,2,5-7H2,1H3. The Kier molecular flexibility index (Phi) is 5.75. The summed E-state index contributed by atoms with van der Waals surface area (Å²) >= 11 is 5.57. The molecule has 18 heavy (non-hydrogen) atoms. The minimum Gasteiger partial charge on any atom is -0.382 e. The minimum absolute atomic E-state index is 0.0204. The first kappa shape index (κ1) is 15.1. The van der Waals surface area contributed by atoms with Crippen LogP contribution in [0.25, 0.3) is 0 Å². The van der Waals surface area contributed by atoms with Crippen LogP contribution in [0.2, 0.25) is 5.02 Å². The van der Waals surface area contributed by atoms with Gasteiger partial charge in [0.1, 0.15) is 0 Å². The van der Waals surface area contributed by atoms with E-state index in [0.717, 1.165) is 12.5 Å². The maximum Gasteiger partial charge on any atom is 0.418 e. The molecule has 0 aliphatic rings. The fraction of sp³-hybridized carbons (Fsp3) is 0.500. The number of hydrogen-bond acceptors (Lipinski definition) is 2. The van der Waals surface area contributed by atoms with Gasteiger partial charge in [-0.3, -0.25) is 0 Å². The molecule has 6 heteroatoms. The Morgan fingerprint density at radius 2 is 2.00 bits per heavy atom. The molecule has 2 nitrogen and oxygen atoms in total. The highest BCUT2D eigenvalue weighted by Crippen LogP contribution is 2.36. The molecule has 0 radical (unpaired) electrons. The molecule has 0 aliphatic heterocycles. The second kappa shape index (κ2) is 6.85. The van der Waals surface area contributed by atoms with Crippen molar-refractivity contribution >= 4 is 17.3 Å². The maximum absolute atomic E-state index is 12.7. The molecule has 0 heterocycles. The van der Waals surface area contributed by atoms with Crippen LogP contribution < -0.4 is 5.32 Å². The van der Waals surface area contributed by atoms with Crippen LogP contribution >= 0.6 is 11.6 Å². The second-order valence-electron chi connectivity index (χ2n) is 3.73. The molecule has 1 aromatic rings. The lowest BCUT2D eigenvalue weighted by atomic mass is 10.1. The van der Waals surface area contributed by atoms with E-state index in [0.29, 0.717) is 19.8 Å². The SMILES string of the molecule is CCCOCCNc1ccc(Cl)cc1C(F)(F)F. The zero-order valence-electron chi connectivity index (χ0n) is 9.98. The zero-order valence-corrected chi connectivity index (χ0v) is 10.7. The first-order valence-electron chi connectivity index (χ1n) is 5.63. The third-order valence-electron chi connectivity index (χ3n) is 2.20. The summed E-state index contributed by atoms with van der Waals surface area (Å²) in [6, 6.07) is 3.66. The molecule has 1 aromatic carbocycles. The van der Waals surface area contributed by atoms with E-state index in [1.807, 2.05) is 6.92 Å². The number of anilines is 1. The second-order valence-corrected chi connectivity index (χ2v) is 4.16. The van der Waals surface area contributed by atoms with Gasteiger partial charge in [0.15, 0.2) is 0 Å². The third kappa shape index (κ3) is 4.74. The fourth-order valence-electron chi connectivity index (χ4n) is 1.41. The molecule has 0 spiro atoms. The molecule has 0 saturated carbocycles. The molecular formula is C12H15ClF3NO. The molecule has 0 saturated heterocycles. The number of halogens is 4. The van der Waals surface area contributed by atoms with Gasteiger partial charge in [-0.2, -0.15) is 13.2 Å². The minimum atomic E-state index is -4.42. The highest BCUT2D eigenvalue weighted by molar-refractivity contribution is 6.30. The van der Waals surface area contributed by atoms with E-state index in [2.05, 4.69) is 5.32 Å². The summed E-state index contributed by atoms with van der Waals surface area (Å²) in [5, 5.41) is 2.77. The normalized spacial score (nSPS) is 11.6. The van der Waals surface area contributed by atoms with E-state index >= 15 is 0 Å². The van der Waals surface area contributed by atoms with Crippen LogP contribution in [0.1, 0.15) is 18.9 Å². The Hall–Kier alpha value is -0.940. The molecule has 0 aromatic heterocycles. The lowest BCUT2D eigenvalue weighted by Crippen LogP contribution is -2.14. The Balaban J connectivity index is 2.65. The fourth-order valence-corrected chi connectivity index (χ4v) is 1.58. The van der Waals surface area contributed by atoms with Crippen molar-refractivity contribution in [3.05, 3.63) is 28.8 Å². The largest absolute Gasteiger partial charge is 0.418 e. The van der Waals surface area contributed by atoms with Crippen molar-refractivity contribution in [1.29, 1.82) is 0 Å². The number of rotatable bonds is 6. The predicted molar refractivity (Wildman–Crippen MR) is 66.1 cm³/mol. The van der Waals surface area contributed by atoms with E-state index in [4.69, 9.17) is 16.3 Å². The number of benzene rings is 1. The molecular weight excluding hydrogens is 267 g/mol. The maximum atomic E-state index is 12.7. The first-order valence-corrected chi connectivity index (χ1v) is 6.01. The van der Waals surface area contributed by atoms with Crippen LogP contribution in [0.3, 0.4) is 0 Å². The van der Waals surface area contributed by atoms with Crippen LogP contribution in [-0.2, 0) is 10.9 Å². The van der Waals surface area contributed by atoms with Gasteiger partial charge in [-0.25, -0.2) is 0 Å². The van der Waals surface area contributed by atoms with Gasteiger partial charge in [-0.15, -0.1) is 0 Å². The van der Waals surface area contributed by atoms with Gasteiger partial charge in [0, 0.05) is 23.9 Å². The lowest BCUT2D eigenvalue weighted by molar-refractivity contribution is -0.136. The van der Waals surface area contributed by atoms with Crippen molar-refractivity contribution in [2.75, 3.05) is 25.1 Å². The summed E-state index contributed by atoms with van der Waals surface area (Å²) in [5.41, 5.74) is -0.738. The summed E-state index contributed by atoms with van der Waals surface area (Å²) < 4.78 is 43.4. The quantitative estimate of drug-likeness (QED) is 0.789. The molecule has 1 N–H and O–H groups in total. The van der Waals surface area contributed by atoms with Crippen LogP contribution in [0.5, 0.6) is 0 Å². The first-order chi connectivity index (χ1) is 8.45. The summed E-state index contributed by atoms with van der Waals surface area (Å²) in [7, 11) is 0. The van der Waals surface area contributed by atoms with Crippen molar-refractivity contribution < 1.29 is 17.9 Å². The van der Waals surface area contributed by atoms with Gasteiger partial charge in [0.25, 0.3) is 0 Å². The zero-order chi connectivity index (χ0) is 13.6. The van der Waals surface area contributed by atoms with Crippen molar-refractivity contribution in [2.24, 2.45) is 0 Å². The molecule has 0 fully saturated rings. The van der Waals surface area contributed by atoms with Crippen molar-refractivity contribution in [3.63, 3.8) is 0 Å². The van der Waals surface area contributed by atoms with E-state index in [1.165, 1.54) is 12.1 Å². The number of ether oxygens (including phenoxy) is 1. The Morgan fingerprint density at radius 1 is 1.28 bits per heavy atom. The van der Waals surface area contributed by atoms with Crippen LogP contribution in [0, 0.1) is 0 Å². The average Bonchev–Trinajstić information content (AvgIpc) is 2.29. The monoisotopic (exact) mass is 281 g/mol. The molecule has 0 unspecified atom stereocenters. The Bertz CT molecular complexity index is 382. The molecule has 102 valence electrons. The van der Waals surface area contributed by atoms with Gasteiger partial charge in [-0.1, -0.05) is 18.5 Å². The number of alkyl halides is 3. The van der Waals surface area contributed by atoms with E-state index in [-0.39, 0.29) is 10.7 Å². The Labute approximate surface area is 109 Å². The molecule has 0 bridgehead atoms. The van der Waals surface area contributed by atoms with Crippen molar-refractivity contribution in [2.45, 2.75) is 19.5 Å². The van der Waals surface area contributed by atoms with Crippen molar-refractivity contribution in [1.82, 2.24) is 0 Å². The summed E-state index contributed by atoms with van der Waals surface area (Å²) in [6.07, 6.45) is -3.54. The van der Waals surface area contributed by atoms with Gasteiger partial charge in [0.2, 0.25) is 0 Å². The van der Waals surface area contributed by atoms with Gasteiger partial charge in [-0.05, 0) is 24.6 Å². The highest BCUT2D eigenvalue weighted by Gasteiger charge is 2.33. The number of nitrogens with one attached hydrogen (secondary N) is 1. The Morgan fingerprint density at radius 3 is 2.61 bits per heavy atom. The lowest BCUT2D eigenvalue weighted by Gasteiger charge is -2.14. The van der Waals surface area contributed by atoms with Crippen LogP contribution in [0.4, 0.5) is 18.9 Å². The molecule has 1 rings (SSSR count). The van der Waals surface area contributed by atoms with Crippen molar-refractivity contribution in [3.8, 4) is 0 Å². The molecule has 0 atom stereocenters. The smallest absolute Gasteiger partial charge is 0.382 e. The van der Waals surface area contributed by atoms with E-state index < -0.39 is 11.7 Å². The average molecular weight is 282 g/mol. The topological polar surface area (TPSA) is 21.3 Å². The van der Waals surface area contributed by atoms with Crippen LogP contribution in [0.15, 0.2) is 18.2 Å². The molecule has 0 aliphatic carbocycles. The summed E-state index contributed by atoms with van der Waals surface area (Å²) in [4.78, 5) is 0. The van der Waals surface area contributed by atoms with E-state index in [9.17, 15) is 13.2 Å². The molecule has 0 amide bonds. The number of hydrogen-bond donors (Lipinski definition) is 1. The van der Waals surface area contributed by atoms with Gasteiger partial charge >= 0.3 is 6.18 Å². The highest BCUT2D eigenvalue weighted by atomic mass is 35.5.